The summed E-state index contributed by atoms with van der Waals surface area (Å²) in [7, 11) is 0. The minimum Gasteiger partial charge on any atom is -0.310 e. The second kappa shape index (κ2) is 11.4. The van der Waals surface area contributed by atoms with Crippen molar-refractivity contribution in [2.24, 2.45) is 5.41 Å². The van der Waals surface area contributed by atoms with Gasteiger partial charge in [0.1, 0.15) is 0 Å². The van der Waals surface area contributed by atoms with E-state index in [2.05, 4.69) is 194 Å². The van der Waals surface area contributed by atoms with Gasteiger partial charge >= 0.3 is 0 Å². The fourth-order valence-corrected chi connectivity index (χ4v) is 6.22. The molecule has 0 aliphatic carbocycles. The Kier molecular flexibility index (Phi) is 7.12. The van der Waals surface area contributed by atoms with Gasteiger partial charge in [-0.25, -0.2) is 0 Å². The quantitative estimate of drug-likeness (QED) is 0.181. The van der Waals surface area contributed by atoms with E-state index in [9.17, 15) is 0 Å². The Balaban J connectivity index is 1.36. The smallest absolute Gasteiger partial charge is 0.0542 e. The largest absolute Gasteiger partial charge is 0.310 e. The van der Waals surface area contributed by atoms with Crippen molar-refractivity contribution < 1.29 is 0 Å². The van der Waals surface area contributed by atoms with E-state index in [1.807, 2.05) is 0 Å². The van der Waals surface area contributed by atoms with Crippen LogP contribution in [0.15, 0.2) is 158 Å². The number of hydrogen-bond acceptors (Lipinski definition) is 1. The van der Waals surface area contributed by atoms with Crippen LogP contribution in [0.2, 0.25) is 0 Å². The molecule has 0 unspecified atom stereocenters. The van der Waals surface area contributed by atoms with E-state index in [1.54, 1.807) is 0 Å². The molecule has 0 aliphatic rings. The van der Waals surface area contributed by atoms with Crippen LogP contribution >= 0.6 is 0 Å². The average Bonchev–Trinajstić information content (AvgIpc) is 3.39. The fourth-order valence-electron chi connectivity index (χ4n) is 6.22. The summed E-state index contributed by atoms with van der Waals surface area (Å²) < 4.78 is 2.36. The molecule has 6 aromatic carbocycles. The molecule has 7 aromatic rings. The maximum atomic E-state index is 2.36. The predicted molar refractivity (Wildman–Crippen MR) is 189 cm³/mol. The molecule has 44 heavy (non-hydrogen) atoms. The third-order valence-electron chi connectivity index (χ3n) is 8.30. The SMILES string of the molecule is CC(C)(C)C(=Cc1ccccc1)c1ccc(N(c2ccccc2)c2ccc3c(c2)c2ccccc2n3-c2ccccc2)cc1. The number of hydrogen-bond donors (Lipinski definition) is 0. The van der Waals surface area contributed by atoms with Crippen molar-refractivity contribution in [1.29, 1.82) is 0 Å². The van der Waals surface area contributed by atoms with Crippen molar-refractivity contribution >= 4 is 50.5 Å². The summed E-state index contributed by atoms with van der Waals surface area (Å²) in [5.41, 5.74) is 10.7. The van der Waals surface area contributed by atoms with Gasteiger partial charge in [0.05, 0.1) is 11.0 Å². The molecule has 0 amide bonds. The number of allylic oxidation sites excluding steroid dienone is 1. The van der Waals surface area contributed by atoms with Crippen molar-refractivity contribution in [2.75, 3.05) is 4.90 Å². The van der Waals surface area contributed by atoms with E-state index in [4.69, 9.17) is 0 Å². The van der Waals surface area contributed by atoms with Crippen LogP contribution in [-0.2, 0) is 0 Å². The minimum absolute atomic E-state index is 0.00548. The van der Waals surface area contributed by atoms with E-state index in [-0.39, 0.29) is 5.41 Å². The van der Waals surface area contributed by atoms with Crippen LogP contribution in [0.25, 0.3) is 39.1 Å². The molecule has 0 radical (unpaired) electrons. The van der Waals surface area contributed by atoms with E-state index in [1.165, 1.54) is 44.2 Å². The lowest BCUT2D eigenvalue weighted by Gasteiger charge is -2.27. The highest BCUT2D eigenvalue weighted by Crippen LogP contribution is 2.41. The zero-order valence-electron chi connectivity index (χ0n) is 25.5. The lowest BCUT2D eigenvalue weighted by molar-refractivity contribution is 0.569. The molecule has 2 nitrogen and oxygen atoms in total. The number of rotatable bonds is 6. The van der Waals surface area contributed by atoms with Gasteiger partial charge in [-0.15, -0.1) is 0 Å². The molecule has 0 atom stereocenters. The summed E-state index contributed by atoms with van der Waals surface area (Å²) in [5, 5.41) is 2.48. The zero-order chi connectivity index (χ0) is 30.1. The van der Waals surface area contributed by atoms with Crippen LogP contribution in [0.5, 0.6) is 0 Å². The summed E-state index contributed by atoms with van der Waals surface area (Å²) in [6.07, 6.45) is 2.32. The normalized spacial score (nSPS) is 12.1. The van der Waals surface area contributed by atoms with Gasteiger partial charge in [0.15, 0.2) is 0 Å². The summed E-state index contributed by atoms with van der Waals surface area (Å²) in [6, 6.07) is 56.5. The van der Waals surface area contributed by atoms with Crippen molar-refractivity contribution in [1.82, 2.24) is 4.57 Å². The number of fused-ring (bicyclic) bond motifs is 3. The first kappa shape index (κ1) is 27.5. The first-order valence-corrected chi connectivity index (χ1v) is 15.3. The summed E-state index contributed by atoms with van der Waals surface area (Å²) in [5.74, 6) is 0. The lowest BCUT2D eigenvalue weighted by Crippen LogP contribution is -2.11. The second-order valence-electron chi connectivity index (χ2n) is 12.3. The van der Waals surface area contributed by atoms with Crippen LogP contribution in [0.1, 0.15) is 31.9 Å². The number of anilines is 3. The van der Waals surface area contributed by atoms with Crippen molar-refractivity contribution in [3.8, 4) is 5.69 Å². The standard InChI is InChI=1S/C42H36N2/c1-42(2,3)39(29-31-15-7-4-8-16-31)32-23-25-35(26-24-32)43(33-17-9-5-10-18-33)36-27-28-41-38(30-36)37-21-13-14-22-40(37)44(41)34-19-11-6-12-20-34/h4-30H,1-3H3. The first-order valence-electron chi connectivity index (χ1n) is 15.3. The molecule has 0 bridgehead atoms. The maximum Gasteiger partial charge on any atom is 0.0542 e. The molecule has 7 rings (SSSR count). The van der Waals surface area contributed by atoms with Crippen LogP contribution in [0.4, 0.5) is 17.1 Å². The van der Waals surface area contributed by atoms with Gasteiger partial charge in [0.2, 0.25) is 0 Å². The zero-order valence-corrected chi connectivity index (χ0v) is 25.5. The monoisotopic (exact) mass is 568 g/mol. The van der Waals surface area contributed by atoms with Gasteiger partial charge in [0, 0.05) is 33.5 Å². The Morgan fingerprint density at radius 3 is 1.75 bits per heavy atom. The molecule has 1 heterocycles. The number of aromatic nitrogens is 1. The third kappa shape index (κ3) is 5.20. The van der Waals surface area contributed by atoms with Crippen molar-refractivity contribution in [3.63, 3.8) is 0 Å². The van der Waals surface area contributed by atoms with E-state index in [0.717, 1.165) is 17.1 Å². The highest BCUT2D eigenvalue weighted by molar-refractivity contribution is 6.10. The molecule has 0 spiro atoms. The predicted octanol–water partition coefficient (Wildman–Crippen LogP) is 11.8. The molecule has 1 aromatic heterocycles. The topological polar surface area (TPSA) is 8.17 Å². The molecular formula is C42H36N2. The Morgan fingerprint density at radius 1 is 0.523 bits per heavy atom. The molecule has 214 valence electrons. The van der Waals surface area contributed by atoms with E-state index < -0.39 is 0 Å². The molecular weight excluding hydrogens is 532 g/mol. The van der Waals surface area contributed by atoms with Crippen LogP contribution in [0, 0.1) is 5.41 Å². The van der Waals surface area contributed by atoms with E-state index >= 15 is 0 Å². The van der Waals surface area contributed by atoms with Gasteiger partial charge in [-0.2, -0.15) is 0 Å². The summed E-state index contributed by atoms with van der Waals surface area (Å²) in [4.78, 5) is 2.36. The van der Waals surface area contributed by atoms with Gasteiger partial charge in [-0.3, -0.25) is 0 Å². The van der Waals surface area contributed by atoms with Crippen LogP contribution < -0.4 is 4.90 Å². The Bertz CT molecular complexity index is 2060. The molecule has 0 saturated heterocycles. The van der Waals surface area contributed by atoms with Crippen molar-refractivity contribution in [2.45, 2.75) is 20.8 Å². The minimum atomic E-state index is -0.00548. The Hall–Kier alpha value is -5.34. The highest BCUT2D eigenvalue weighted by atomic mass is 15.1. The number of nitrogens with zero attached hydrogens (tertiary/aromatic N) is 2. The highest BCUT2D eigenvalue weighted by Gasteiger charge is 2.21. The molecule has 0 aliphatic heterocycles. The molecule has 0 saturated carbocycles. The van der Waals surface area contributed by atoms with Crippen LogP contribution in [-0.4, -0.2) is 4.57 Å². The molecule has 2 heteroatoms. The first-order chi connectivity index (χ1) is 21.5. The van der Waals surface area contributed by atoms with Gasteiger partial charge in [0.25, 0.3) is 0 Å². The summed E-state index contributed by atoms with van der Waals surface area (Å²) >= 11 is 0. The second-order valence-corrected chi connectivity index (χ2v) is 12.3. The van der Waals surface area contributed by atoms with Crippen LogP contribution in [0.3, 0.4) is 0 Å². The molecule has 0 fully saturated rings. The molecule has 0 N–H and O–H groups in total. The van der Waals surface area contributed by atoms with Gasteiger partial charge < -0.3 is 9.47 Å². The third-order valence-corrected chi connectivity index (χ3v) is 8.30. The van der Waals surface area contributed by atoms with Gasteiger partial charge in [-0.05, 0) is 82.8 Å². The maximum absolute atomic E-state index is 2.36. The number of para-hydroxylation sites is 3. The average molecular weight is 569 g/mol. The van der Waals surface area contributed by atoms with Crippen molar-refractivity contribution in [3.05, 3.63) is 169 Å². The fraction of sp³-hybridized carbons (Fsp3) is 0.0952. The Labute approximate surface area is 260 Å². The Morgan fingerprint density at radius 2 is 1.07 bits per heavy atom. The lowest BCUT2D eigenvalue weighted by atomic mass is 9.81. The number of benzene rings is 6. The van der Waals surface area contributed by atoms with E-state index in [0.29, 0.717) is 0 Å². The summed E-state index contributed by atoms with van der Waals surface area (Å²) in [6.45, 7) is 6.85. The van der Waals surface area contributed by atoms with Gasteiger partial charge in [-0.1, -0.05) is 124 Å².